The van der Waals surface area contributed by atoms with Gasteiger partial charge in [0.25, 0.3) is 0 Å². The van der Waals surface area contributed by atoms with Crippen LogP contribution in [-0.2, 0) is 7.05 Å². The second-order valence-electron chi connectivity index (χ2n) is 4.50. The molecule has 3 rings (SSSR count). The fraction of sp³-hybridized carbons (Fsp3) is 0.200. The molecule has 0 saturated carbocycles. The molecular formula is C15H15NO. The summed E-state index contributed by atoms with van der Waals surface area (Å²) in [6.45, 7) is 4.08. The summed E-state index contributed by atoms with van der Waals surface area (Å²) in [7, 11) is 2.07. The van der Waals surface area contributed by atoms with Gasteiger partial charge in [-0.3, -0.25) is 0 Å². The molecule has 2 aromatic heterocycles. The van der Waals surface area contributed by atoms with E-state index >= 15 is 0 Å². The molecule has 0 amide bonds. The van der Waals surface area contributed by atoms with Crippen molar-refractivity contribution in [3.8, 4) is 11.5 Å². The zero-order valence-corrected chi connectivity index (χ0v) is 10.3. The summed E-state index contributed by atoms with van der Waals surface area (Å²) in [4.78, 5) is 0. The number of furan rings is 1. The van der Waals surface area contributed by atoms with Crippen molar-refractivity contribution in [2.75, 3.05) is 0 Å². The van der Waals surface area contributed by atoms with Crippen molar-refractivity contribution in [3.05, 3.63) is 47.7 Å². The van der Waals surface area contributed by atoms with Gasteiger partial charge < -0.3 is 8.98 Å². The maximum atomic E-state index is 5.79. The lowest BCUT2D eigenvalue weighted by molar-refractivity contribution is 0.541. The van der Waals surface area contributed by atoms with Gasteiger partial charge in [-0.15, -0.1) is 0 Å². The van der Waals surface area contributed by atoms with Crippen LogP contribution >= 0.6 is 0 Å². The molecule has 0 unspecified atom stereocenters. The molecule has 0 spiro atoms. The van der Waals surface area contributed by atoms with Gasteiger partial charge in [-0.2, -0.15) is 0 Å². The zero-order chi connectivity index (χ0) is 12.0. The fourth-order valence-corrected chi connectivity index (χ4v) is 2.22. The molecule has 86 valence electrons. The van der Waals surface area contributed by atoms with Crippen molar-refractivity contribution in [3.63, 3.8) is 0 Å². The van der Waals surface area contributed by atoms with E-state index in [4.69, 9.17) is 4.42 Å². The number of hydrogen-bond donors (Lipinski definition) is 0. The Hall–Kier alpha value is -1.96. The van der Waals surface area contributed by atoms with E-state index in [2.05, 4.69) is 54.9 Å². The summed E-state index contributed by atoms with van der Waals surface area (Å²) in [5.41, 5.74) is 3.56. The summed E-state index contributed by atoms with van der Waals surface area (Å²) in [5.74, 6) is 1.93. The van der Waals surface area contributed by atoms with Gasteiger partial charge in [-0.05, 0) is 37.6 Å². The predicted octanol–water partition coefficient (Wildman–Crippen LogP) is 4.06. The van der Waals surface area contributed by atoms with E-state index in [1.54, 1.807) is 0 Å². The Bertz CT molecular complexity index is 669. The number of nitrogens with zero attached hydrogens (tertiary/aromatic N) is 1. The summed E-state index contributed by atoms with van der Waals surface area (Å²) in [6.07, 6.45) is 0. The quantitative estimate of drug-likeness (QED) is 0.611. The van der Waals surface area contributed by atoms with Crippen LogP contribution < -0.4 is 0 Å². The van der Waals surface area contributed by atoms with Crippen molar-refractivity contribution >= 4 is 10.9 Å². The van der Waals surface area contributed by atoms with Gasteiger partial charge in [0.15, 0.2) is 5.76 Å². The first-order valence-corrected chi connectivity index (χ1v) is 5.78. The average Bonchev–Trinajstić information content (AvgIpc) is 2.82. The number of hydrogen-bond acceptors (Lipinski definition) is 1. The van der Waals surface area contributed by atoms with E-state index in [9.17, 15) is 0 Å². The van der Waals surface area contributed by atoms with Gasteiger partial charge in [0.05, 0.1) is 5.69 Å². The Kier molecular flexibility index (Phi) is 2.11. The van der Waals surface area contributed by atoms with E-state index in [1.165, 1.54) is 16.5 Å². The molecule has 2 nitrogen and oxygen atoms in total. The first-order valence-electron chi connectivity index (χ1n) is 5.78. The summed E-state index contributed by atoms with van der Waals surface area (Å²) in [6, 6.07) is 12.6. The molecule has 0 saturated heterocycles. The van der Waals surface area contributed by atoms with Crippen LogP contribution in [0.25, 0.3) is 22.4 Å². The minimum atomic E-state index is 0.943. The third kappa shape index (κ3) is 1.48. The summed E-state index contributed by atoms with van der Waals surface area (Å²) in [5, 5.41) is 1.25. The first-order chi connectivity index (χ1) is 8.16. The van der Waals surface area contributed by atoms with Crippen LogP contribution in [0.15, 0.2) is 40.8 Å². The standard InChI is InChI=1S/C15H15NO/c1-10-8-15(17-11(10)2)14-9-12-6-4-5-7-13(12)16(14)3/h4-9H,1-3H3. The van der Waals surface area contributed by atoms with Crippen LogP contribution in [0, 0.1) is 13.8 Å². The van der Waals surface area contributed by atoms with Crippen LogP contribution in [0.1, 0.15) is 11.3 Å². The third-order valence-corrected chi connectivity index (χ3v) is 3.37. The number of fused-ring (bicyclic) bond motifs is 1. The Morgan fingerprint density at radius 3 is 2.47 bits per heavy atom. The van der Waals surface area contributed by atoms with Crippen molar-refractivity contribution < 1.29 is 4.42 Å². The molecule has 17 heavy (non-hydrogen) atoms. The van der Waals surface area contributed by atoms with Gasteiger partial charge >= 0.3 is 0 Å². The van der Waals surface area contributed by atoms with Gasteiger partial charge in [0.1, 0.15) is 5.76 Å². The highest BCUT2D eigenvalue weighted by Crippen LogP contribution is 2.29. The average molecular weight is 225 g/mol. The Labute approximate surface area is 100 Å². The first kappa shape index (κ1) is 10.2. The normalized spacial score (nSPS) is 11.2. The molecule has 0 fully saturated rings. The number of aryl methyl sites for hydroxylation is 3. The van der Waals surface area contributed by atoms with Crippen molar-refractivity contribution in [1.29, 1.82) is 0 Å². The lowest BCUT2D eigenvalue weighted by atomic mass is 10.2. The SMILES string of the molecule is Cc1cc(-c2cc3ccccc3n2C)oc1C. The molecule has 0 atom stereocenters. The van der Waals surface area contributed by atoms with E-state index in [0.29, 0.717) is 0 Å². The largest absolute Gasteiger partial charge is 0.460 e. The van der Waals surface area contributed by atoms with Crippen LogP contribution in [0.3, 0.4) is 0 Å². The van der Waals surface area contributed by atoms with Gasteiger partial charge in [-0.1, -0.05) is 18.2 Å². The number of para-hydroxylation sites is 1. The highest BCUT2D eigenvalue weighted by Gasteiger charge is 2.11. The monoisotopic (exact) mass is 225 g/mol. The molecule has 3 aromatic rings. The molecule has 0 bridgehead atoms. The molecule has 2 heteroatoms. The molecule has 2 heterocycles. The lowest BCUT2D eigenvalue weighted by Gasteiger charge is -2.00. The van der Waals surface area contributed by atoms with E-state index in [0.717, 1.165) is 17.2 Å². The van der Waals surface area contributed by atoms with Crippen LogP contribution in [0.5, 0.6) is 0 Å². The molecule has 0 radical (unpaired) electrons. The lowest BCUT2D eigenvalue weighted by Crippen LogP contribution is -1.89. The van der Waals surface area contributed by atoms with E-state index in [-0.39, 0.29) is 0 Å². The van der Waals surface area contributed by atoms with Crippen molar-refractivity contribution in [2.24, 2.45) is 7.05 Å². The summed E-state index contributed by atoms with van der Waals surface area (Å²) < 4.78 is 7.96. The number of benzene rings is 1. The molecular weight excluding hydrogens is 210 g/mol. The second-order valence-corrected chi connectivity index (χ2v) is 4.50. The molecule has 0 N–H and O–H groups in total. The number of aromatic nitrogens is 1. The predicted molar refractivity (Wildman–Crippen MR) is 70.1 cm³/mol. The molecule has 0 aliphatic carbocycles. The van der Waals surface area contributed by atoms with Crippen molar-refractivity contribution in [2.45, 2.75) is 13.8 Å². The summed E-state index contributed by atoms with van der Waals surface area (Å²) >= 11 is 0. The van der Waals surface area contributed by atoms with E-state index in [1.807, 2.05) is 6.92 Å². The van der Waals surface area contributed by atoms with Gasteiger partial charge in [0.2, 0.25) is 0 Å². The van der Waals surface area contributed by atoms with Crippen LogP contribution in [0.2, 0.25) is 0 Å². The maximum Gasteiger partial charge on any atom is 0.150 e. The van der Waals surface area contributed by atoms with Crippen molar-refractivity contribution in [1.82, 2.24) is 4.57 Å². The topological polar surface area (TPSA) is 18.1 Å². The van der Waals surface area contributed by atoms with Crippen LogP contribution in [-0.4, -0.2) is 4.57 Å². The van der Waals surface area contributed by atoms with Gasteiger partial charge in [0, 0.05) is 18.0 Å². The van der Waals surface area contributed by atoms with Crippen LogP contribution in [0.4, 0.5) is 0 Å². The maximum absolute atomic E-state index is 5.79. The third-order valence-electron chi connectivity index (χ3n) is 3.37. The highest BCUT2D eigenvalue weighted by molar-refractivity contribution is 5.86. The highest BCUT2D eigenvalue weighted by atomic mass is 16.3. The molecule has 1 aromatic carbocycles. The van der Waals surface area contributed by atoms with Gasteiger partial charge in [-0.25, -0.2) is 0 Å². The molecule has 0 aliphatic heterocycles. The Balaban J connectivity index is 2.27. The Morgan fingerprint density at radius 1 is 1.06 bits per heavy atom. The zero-order valence-electron chi connectivity index (χ0n) is 10.3. The van der Waals surface area contributed by atoms with E-state index < -0.39 is 0 Å². The number of rotatable bonds is 1. The minimum Gasteiger partial charge on any atom is -0.460 e. The minimum absolute atomic E-state index is 0.943. The Morgan fingerprint density at radius 2 is 1.82 bits per heavy atom. The smallest absolute Gasteiger partial charge is 0.150 e. The second kappa shape index (κ2) is 3.52. The molecule has 0 aliphatic rings. The fourth-order valence-electron chi connectivity index (χ4n) is 2.22.